The van der Waals surface area contributed by atoms with Gasteiger partial charge in [-0.25, -0.2) is 17.2 Å². The highest BCUT2D eigenvalue weighted by Gasteiger charge is 2.32. The molecule has 0 unspecified atom stereocenters. The van der Waals surface area contributed by atoms with E-state index in [1.54, 1.807) is 40.8 Å². The van der Waals surface area contributed by atoms with Crippen LogP contribution in [0.5, 0.6) is 0 Å². The first-order valence-electron chi connectivity index (χ1n) is 14.4. The van der Waals surface area contributed by atoms with Crippen molar-refractivity contribution in [2.45, 2.75) is 18.8 Å². The molecule has 1 aliphatic heterocycles. The molecule has 0 bridgehead atoms. The second kappa shape index (κ2) is 11.3. The number of anilines is 1. The maximum absolute atomic E-state index is 13.9. The highest BCUT2D eigenvalue weighted by molar-refractivity contribution is 7.92. The molecule has 6 rings (SSSR count). The van der Waals surface area contributed by atoms with Crippen LogP contribution >= 0.6 is 0 Å². The molecule has 1 N–H and O–H groups in total. The first-order chi connectivity index (χ1) is 21.4. The summed E-state index contributed by atoms with van der Waals surface area (Å²) in [6, 6.07) is 15.0. The van der Waals surface area contributed by atoms with Crippen LogP contribution in [0.1, 0.15) is 45.2 Å². The molecule has 2 aromatic heterocycles. The summed E-state index contributed by atoms with van der Waals surface area (Å²) in [5, 5.41) is 3.73. The van der Waals surface area contributed by atoms with E-state index in [-0.39, 0.29) is 34.5 Å². The van der Waals surface area contributed by atoms with Crippen LogP contribution in [-0.4, -0.2) is 63.1 Å². The zero-order valence-corrected chi connectivity index (χ0v) is 26.0. The van der Waals surface area contributed by atoms with Crippen molar-refractivity contribution in [3.05, 3.63) is 89.1 Å². The lowest BCUT2D eigenvalue weighted by atomic mass is 9.88. The minimum absolute atomic E-state index is 0.217. The number of aromatic nitrogens is 1. The van der Waals surface area contributed by atoms with Gasteiger partial charge < -0.3 is 19.2 Å². The van der Waals surface area contributed by atoms with Gasteiger partial charge in [-0.15, -0.1) is 0 Å². The van der Waals surface area contributed by atoms with E-state index < -0.39 is 21.7 Å². The van der Waals surface area contributed by atoms with Crippen molar-refractivity contribution < 1.29 is 31.2 Å². The predicted octanol–water partition coefficient (Wildman–Crippen LogP) is 5.64. The zero-order valence-electron chi connectivity index (χ0n) is 25.2. The number of hydrogen-bond donors (Lipinski definition) is 1. The quantitative estimate of drug-likeness (QED) is 0.260. The number of carbonyl (C=O) groups excluding carboxylic acids is 2. The number of amides is 2. The summed E-state index contributed by atoms with van der Waals surface area (Å²) in [5.74, 6) is -1.52. The molecule has 234 valence electrons. The Morgan fingerprint density at radius 1 is 1.02 bits per heavy atom. The number of furan rings is 1. The molecular weight excluding hydrogens is 602 g/mol. The van der Waals surface area contributed by atoms with Gasteiger partial charge in [0.1, 0.15) is 28.7 Å². The summed E-state index contributed by atoms with van der Waals surface area (Å²) >= 11 is 0. The molecule has 0 saturated carbocycles. The van der Waals surface area contributed by atoms with E-state index in [1.165, 1.54) is 54.8 Å². The van der Waals surface area contributed by atoms with E-state index in [4.69, 9.17) is 4.42 Å². The third kappa shape index (κ3) is 5.43. The molecule has 1 saturated heterocycles. The average molecular weight is 635 g/mol. The lowest BCUT2D eigenvalue weighted by Crippen LogP contribution is -2.40. The van der Waals surface area contributed by atoms with Gasteiger partial charge in [-0.05, 0) is 73.0 Å². The third-order valence-electron chi connectivity index (χ3n) is 8.61. The Morgan fingerprint density at radius 2 is 1.73 bits per heavy atom. The van der Waals surface area contributed by atoms with Crippen molar-refractivity contribution in [1.82, 2.24) is 14.8 Å². The number of sulfonamides is 1. The van der Waals surface area contributed by atoms with Crippen molar-refractivity contribution in [3.8, 4) is 11.3 Å². The van der Waals surface area contributed by atoms with Crippen molar-refractivity contribution in [2.75, 3.05) is 37.7 Å². The maximum Gasteiger partial charge on any atom is 0.270 e. The molecule has 2 amide bonds. The van der Waals surface area contributed by atoms with Crippen LogP contribution in [0, 0.1) is 11.6 Å². The summed E-state index contributed by atoms with van der Waals surface area (Å²) in [4.78, 5) is 28.8. The minimum atomic E-state index is -3.71. The molecule has 1 atom stereocenters. The SMILES string of the molecule is CNC(=O)c1c(-c2ccc(F)cc2)oc2cc(N(C)S(C)(=O)=O)c([C@H]3CCCN(C(=O)c4cc5cc(F)ccc5n4C)C3)cc12. The normalized spacial score (nSPS) is 15.5. The molecule has 0 radical (unpaired) electrons. The Bertz CT molecular complexity index is 2090. The van der Waals surface area contributed by atoms with Crippen molar-refractivity contribution in [3.63, 3.8) is 0 Å². The summed E-state index contributed by atoms with van der Waals surface area (Å²) < 4.78 is 62.3. The Hall–Kier alpha value is -4.71. The van der Waals surface area contributed by atoms with Crippen LogP contribution in [0.2, 0.25) is 0 Å². The summed E-state index contributed by atoms with van der Waals surface area (Å²) in [5.41, 5.74) is 3.16. The second-order valence-electron chi connectivity index (χ2n) is 11.4. The Morgan fingerprint density at radius 3 is 2.42 bits per heavy atom. The van der Waals surface area contributed by atoms with Gasteiger partial charge in [0.05, 0.1) is 17.5 Å². The van der Waals surface area contributed by atoms with Crippen molar-refractivity contribution in [2.24, 2.45) is 7.05 Å². The standard InChI is InChI=1S/C33H32F2N4O5S/c1-36-32(40)30-25-16-24(27(38(3)45(4,42)43)17-29(25)44-31(30)19-7-9-22(34)10-8-19)20-6-5-13-39(18-20)33(41)28-15-21-14-23(35)11-12-26(21)37(28)2/h7-12,14-17,20H,5-6,13,18H2,1-4H3,(H,36,40)/t20-/m0/s1. The number of halogens is 2. The molecule has 5 aromatic rings. The van der Waals surface area contributed by atoms with E-state index in [2.05, 4.69) is 5.32 Å². The number of likely N-dealkylation sites (tertiary alicyclic amines) is 1. The van der Waals surface area contributed by atoms with Gasteiger partial charge in [0, 0.05) is 68.1 Å². The van der Waals surface area contributed by atoms with E-state index in [1.807, 2.05) is 0 Å². The Balaban J connectivity index is 1.46. The van der Waals surface area contributed by atoms with Crippen LogP contribution in [0.3, 0.4) is 0 Å². The van der Waals surface area contributed by atoms with E-state index >= 15 is 0 Å². The van der Waals surface area contributed by atoms with Crippen molar-refractivity contribution in [1.29, 1.82) is 0 Å². The summed E-state index contributed by atoms with van der Waals surface area (Å²) in [6.45, 7) is 0.789. The molecule has 45 heavy (non-hydrogen) atoms. The predicted molar refractivity (Wildman–Crippen MR) is 169 cm³/mol. The fourth-order valence-corrected chi connectivity index (χ4v) is 6.70. The molecule has 1 aliphatic rings. The monoisotopic (exact) mass is 634 g/mol. The van der Waals surface area contributed by atoms with Gasteiger partial charge in [-0.1, -0.05) is 0 Å². The second-order valence-corrected chi connectivity index (χ2v) is 13.4. The number of hydrogen-bond acceptors (Lipinski definition) is 5. The molecule has 0 spiro atoms. The zero-order chi connectivity index (χ0) is 32.2. The number of nitrogens with zero attached hydrogens (tertiary/aromatic N) is 3. The molecular formula is C33H32F2N4O5S. The van der Waals surface area contributed by atoms with Gasteiger partial charge >= 0.3 is 0 Å². The number of fused-ring (bicyclic) bond motifs is 2. The lowest BCUT2D eigenvalue weighted by Gasteiger charge is -2.35. The van der Waals surface area contributed by atoms with Crippen molar-refractivity contribution >= 4 is 49.4 Å². The number of rotatable bonds is 6. The number of carbonyl (C=O) groups is 2. The Kier molecular flexibility index (Phi) is 7.64. The van der Waals surface area contributed by atoms with Crippen LogP contribution in [-0.2, 0) is 17.1 Å². The number of aryl methyl sites for hydroxylation is 1. The first-order valence-corrected chi connectivity index (χ1v) is 16.3. The van der Waals surface area contributed by atoms with E-state index in [0.717, 1.165) is 11.8 Å². The number of piperidine rings is 1. The van der Waals surface area contributed by atoms with Gasteiger partial charge in [0.2, 0.25) is 10.0 Å². The molecule has 12 heteroatoms. The smallest absolute Gasteiger partial charge is 0.270 e. The summed E-state index contributed by atoms with van der Waals surface area (Å²) in [6.07, 6.45) is 2.42. The highest BCUT2D eigenvalue weighted by atomic mass is 32.2. The van der Waals surface area contributed by atoms with Crippen LogP contribution in [0.4, 0.5) is 14.5 Å². The molecule has 9 nitrogen and oxygen atoms in total. The Labute approximate surface area is 259 Å². The highest BCUT2D eigenvalue weighted by Crippen LogP contribution is 2.42. The van der Waals surface area contributed by atoms with E-state index in [0.29, 0.717) is 59.2 Å². The molecule has 3 aromatic carbocycles. The van der Waals surface area contributed by atoms with Crippen LogP contribution < -0.4 is 9.62 Å². The maximum atomic E-state index is 13.9. The summed E-state index contributed by atoms with van der Waals surface area (Å²) in [7, 11) is 0.999. The first kappa shape index (κ1) is 30.3. The van der Waals surface area contributed by atoms with Crippen LogP contribution in [0.25, 0.3) is 33.2 Å². The van der Waals surface area contributed by atoms with Gasteiger partial charge in [0.25, 0.3) is 11.8 Å². The number of nitrogens with one attached hydrogen (secondary N) is 1. The molecule has 3 heterocycles. The van der Waals surface area contributed by atoms with Gasteiger partial charge in [-0.2, -0.15) is 0 Å². The fourth-order valence-electron chi connectivity index (χ4n) is 6.19. The molecule has 1 fully saturated rings. The lowest BCUT2D eigenvalue weighted by molar-refractivity contribution is 0.0698. The molecule has 0 aliphatic carbocycles. The third-order valence-corrected chi connectivity index (χ3v) is 9.80. The topological polar surface area (TPSA) is 105 Å². The minimum Gasteiger partial charge on any atom is -0.455 e. The fraction of sp³-hybridized carbons (Fsp3) is 0.273. The average Bonchev–Trinajstić information content (AvgIpc) is 3.56. The van der Waals surface area contributed by atoms with Gasteiger partial charge in [0.15, 0.2) is 0 Å². The van der Waals surface area contributed by atoms with Crippen LogP contribution in [0.15, 0.2) is 65.1 Å². The number of benzene rings is 3. The van der Waals surface area contributed by atoms with E-state index in [9.17, 15) is 26.8 Å². The van der Waals surface area contributed by atoms with Gasteiger partial charge in [-0.3, -0.25) is 13.9 Å². The largest absolute Gasteiger partial charge is 0.455 e.